The van der Waals surface area contributed by atoms with Gasteiger partial charge in [-0.25, -0.2) is 0 Å². The predicted octanol–water partition coefficient (Wildman–Crippen LogP) is 5.87. The van der Waals surface area contributed by atoms with Crippen molar-refractivity contribution in [3.63, 3.8) is 0 Å². The summed E-state index contributed by atoms with van der Waals surface area (Å²) in [6.45, 7) is 11.2. The third kappa shape index (κ3) is 3.41. The first-order valence-electron chi connectivity index (χ1n) is 10.9. The molecule has 1 aromatic rings. The van der Waals surface area contributed by atoms with Gasteiger partial charge in [0.05, 0.1) is 17.2 Å². The normalized spacial score (nSPS) is 35.7. The summed E-state index contributed by atoms with van der Waals surface area (Å²) in [7, 11) is 0. The summed E-state index contributed by atoms with van der Waals surface area (Å²) in [5, 5.41) is 0. The van der Waals surface area contributed by atoms with E-state index in [1.807, 2.05) is 0 Å². The number of ketones is 1. The van der Waals surface area contributed by atoms with Gasteiger partial charge in [0.15, 0.2) is 0 Å². The zero-order valence-corrected chi connectivity index (χ0v) is 17.7. The average molecular weight is 366 g/mol. The molecule has 0 saturated heterocycles. The van der Waals surface area contributed by atoms with Crippen molar-refractivity contribution in [3.8, 4) is 0 Å². The van der Waals surface area contributed by atoms with Crippen LogP contribution in [0.5, 0.6) is 0 Å². The molecule has 0 radical (unpaired) electrons. The number of carbonyl (C=O) groups is 1. The smallest absolute Gasteiger partial charge is 0.147 e. The third-order valence-corrected chi connectivity index (χ3v) is 7.29. The highest BCUT2D eigenvalue weighted by atomic mass is 16.1. The van der Waals surface area contributed by atoms with Gasteiger partial charge in [0.25, 0.3) is 0 Å². The zero-order valence-electron chi connectivity index (χ0n) is 17.7. The minimum absolute atomic E-state index is 0.109. The van der Waals surface area contributed by atoms with Crippen LogP contribution in [0.25, 0.3) is 0 Å². The Hall–Kier alpha value is -1.44. The van der Waals surface area contributed by atoms with Crippen LogP contribution in [0.3, 0.4) is 0 Å². The molecule has 3 aliphatic rings. The lowest BCUT2D eigenvalue weighted by Crippen LogP contribution is -2.48. The molecule has 1 aliphatic heterocycles. The van der Waals surface area contributed by atoms with Gasteiger partial charge in [-0.15, -0.1) is 0 Å². The monoisotopic (exact) mass is 365 g/mol. The van der Waals surface area contributed by atoms with Crippen LogP contribution in [-0.4, -0.2) is 17.0 Å². The quantitative estimate of drug-likeness (QED) is 0.659. The van der Waals surface area contributed by atoms with Crippen molar-refractivity contribution in [2.75, 3.05) is 0 Å². The Morgan fingerprint density at radius 3 is 2.37 bits per heavy atom. The lowest BCUT2D eigenvalue weighted by Gasteiger charge is -2.50. The van der Waals surface area contributed by atoms with E-state index in [4.69, 9.17) is 4.99 Å². The minimum atomic E-state index is -0.127. The number of aliphatic imine (C=N–C) groups is 1. The topological polar surface area (TPSA) is 29.4 Å². The van der Waals surface area contributed by atoms with Gasteiger partial charge in [-0.2, -0.15) is 0 Å². The van der Waals surface area contributed by atoms with E-state index in [1.165, 1.54) is 24.0 Å². The van der Waals surface area contributed by atoms with Crippen molar-refractivity contribution in [2.45, 2.75) is 78.7 Å². The van der Waals surface area contributed by atoms with Crippen molar-refractivity contribution in [1.82, 2.24) is 0 Å². The Morgan fingerprint density at radius 1 is 1.07 bits per heavy atom. The van der Waals surface area contributed by atoms with Gasteiger partial charge in [-0.1, -0.05) is 38.1 Å². The van der Waals surface area contributed by atoms with Crippen molar-refractivity contribution in [1.29, 1.82) is 0 Å². The predicted molar refractivity (Wildman–Crippen MR) is 112 cm³/mol. The summed E-state index contributed by atoms with van der Waals surface area (Å²) >= 11 is 0. The van der Waals surface area contributed by atoms with Crippen LogP contribution in [0.2, 0.25) is 0 Å². The van der Waals surface area contributed by atoms with E-state index < -0.39 is 0 Å². The van der Waals surface area contributed by atoms with Crippen molar-refractivity contribution >= 4 is 11.5 Å². The van der Waals surface area contributed by atoms with Crippen molar-refractivity contribution < 1.29 is 4.79 Å². The number of hydrogen-bond acceptors (Lipinski definition) is 2. The van der Waals surface area contributed by atoms with Crippen LogP contribution in [0.1, 0.15) is 77.8 Å². The lowest BCUT2D eigenvalue weighted by atomic mass is 9.53. The summed E-state index contributed by atoms with van der Waals surface area (Å²) in [6.07, 6.45) is 6.85. The van der Waals surface area contributed by atoms with E-state index in [0.717, 1.165) is 37.3 Å². The minimum Gasteiger partial charge on any atom is -0.298 e. The molecule has 0 amide bonds. The Labute approximate surface area is 164 Å². The molecular formula is C25H35NO. The maximum atomic E-state index is 14.0. The van der Waals surface area contributed by atoms with Crippen LogP contribution >= 0.6 is 0 Å². The summed E-state index contributed by atoms with van der Waals surface area (Å²) in [4.78, 5) is 19.1. The summed E-state index contributed by atoms with van der Waals surface area (Å²) in [5.74, 6) is 2.44. The molecule has 2 saturated carbocycles. The van der Waals surface area contributed by atoms with Gasteiger partial charge < -0.3 is 0 Å². The second kappa shape index (κ2) is 6.57. The lowest BCUT2D eigenvalue weighted by molar-refractivity contribution is -0.139. The molecule has 2 nitrogen and oxygen atoms in total. The molecule has 2 aliphatic carbocycles. The van der Waals surface area contributed by atoms with Crippen molar-refractivity contribution in [3.05, 3.63) is 35.4 Å². The molecule has 2 fully saturated rings. The van der Waals surface area contributed by atoms with Gasteiger partial charge in [0.1, 0.15) is 5.78 Å². The molecule has 3 unspecified atom stereocenters. The molecule has 0 spiro atoms. The Balaban J connectivity index is 1.70. The first-order valence-corrected chi connectivity index (χ1v) is 10.9. The van der Waals surface area contributed by atoms with E-state index in [2.05, 4.69) is 58.9 Å². The van der Waals surface area contributed by atoms with E-state index in [-0.39, 0.29) is 16.9 Å². The maximum Gasteiger partial charge on any atom is 0.147 e. The van der Waals surface area contributed by atoms with E-state index in [9.17, 15) is 4.79 Å². The standard InChI is InChI=1S/C25H35NO/c1-16-10-19-11-17(2)13-25(12-16,14-19)23(27)18(3)22-21-9-7-6-8-20(21)15-24(4,5)26-22/h6-9,16-19H,10-15H2,1-5H3. The summed E-state index contributed by atoms with van der Waals surface area (Å²) in [6, 6.07) is 8.58. The first kappa shape index (κ1) is 18.9. The van der Waals surface area contributed by atoms with Gasteiger partial charge in [-0.05, 0) is 88.2 Å². The number of carbonyl (C=O) groups excluding carboxylic acids is 1. The highest BCUT2D eigenvalue weighted by Gasteiger charge is 2.50. The number of fused-ring (bicyclic) bond motifs is 3. The highest BCUT2D eigenvalue weighted by Crippen LogP contribution is 2.54. The molecule has 146 valence electrons. The van der Waals surface area contributed by atoms with Crippen LogP contribution in [0.15, 0.2) is 29.3 Å². The molecule has 1 aromatic carbocycles. The number of hydrogen-bond donors (Lipinski definition) is 0. The molecule has 0 aromatic heterocycles. The molecule has 1 heterocycles. The van der Waals surface area contributed by atoms with E-state index in [1.54, 1.807) is 0 Å². The number of rotatable bonds is 3. The molecule has 2 bridgehead atoms. The molecule has 2 heteroatoms. The molecular weight excluding hydrogens is 330 g/mol. The SMILES string of the molecule is CC1CC2CC(C)CC(C(=O)C(C)C3=NC(C)(C)Cc4ccccc43)(C1)C2. The number of nitrogens with zero attached hydrogens (tertiary/aromatic N) is 1. The summed E-state index contributed by atoms with van der Waals surface area (Å²) in [5.41, 5.74) is 3.35. The Kier molecular flexibility index (Phi) is 4.60. The van der Waals surface area contributed by atoms with E-state index in [0.29, 0.717) is 17.6 Å². The van der Waals surface area contributed by atoms with Gasteiger partial charge in [0.2, 0.25) is 0 Å². The second-order valence-corrected chi connectivity index (χ2v) is 10.7. The molecule has 0 N–H and O–H groups in total. The fourth-order valence-electron chi connectivity index (χ4n) is 6.74. The number of Topliss-reactive ketones (excluding diaryl/α,β-unsaturated/α-hetero) is 1. The fourth-order valence-corrected chi connectivity index (χ4v) is 6.74. The van der Waals surface area contributed by atoms with Crippen molar-refractivity contribution in [2.24, 2.45) is 34.1 Å². The average Bonchev–Trinajstić information content (AvgIpc) is 2.57. The van der Waals surface area contributed by atoms with Crippen LogP contribution in [0, 0.1) is 29.1 Å². The second-order valence-electron chi connectivity index (χ2n) is 10.7. The Bertz CT molecular complexity index is 755. The third-order valence-electron chi connectivity index (χ3n) is 7.29. The fraction of sp³-hybridized carbons (Fsp3) is 0.680. The number of benzene rings is 1. The highest BCUT2D eigenvalue weighted by molar-refractivity contribution is 6.16. The molecule has 4 rings (SSSR count). The van der Waals surface area contributed by atoms with E-state index >= 15 is 0 Å². The van der Waals surface area contributed by atoms with Crippen LogP contribution in [0.4, 0.5) is 0 Å². The molecule has 27 heavy (non-hydrogen) atoms. The zero-order chi connectivity index (χ0) is 19.4. The molecule has 3 atom stereocenters. The van der Waals surface area contributed by atoms with Crippen LogP contribution < -0.4 is 0 Å². The van der Waals surface area contributed by atoms with Gasteiger partial charge in [-0.3, -0.25) is 9.79 Å². The van der Waals surface area contributed by atoms with Gasteiger partial charge >= 0.3 is 0 Å². The van der Waals surface area contributed by atoms with Gasteiger partial charge in [0, 0.05) is 5.41 Å². The maximum absolute atomic E-state index is 14.0. The Morgan fingerprint density at radius 2 is 1.70 bits per heavy atom. The first-order chi connectivity index (χ1) is 12.7. The van der Waals surface area contributed by atoms with Crippen LogP contribution in [-0.2, 0) is 11.2 Å². The largest absolute Gasteiger partial charge is 0.298 e. The summed E-state index contributed by atoms with van der Waals surface area (Å²) < 4.78 is 0.